The van der Waals surface area contributed by atoms with Crippen LogP contribution in [0, 0.1) is 0 Å². The third-order valence-corrected chi connectivity index (χ3v) is 3.23. The second-order valence-corrected chi connectivity index (χ2v) is 4.52. The summed E-state index contributed by atoms with van der Waals surface area (Å²) in [6.07, 6.45) is 0. The van der Waals surface area contributed by atoms with Crippen LogP contribution in [0.4, 0.5) is 0 Å². The lowest BCUT2D eigenvalue weighted by atomic mass is 10.4. The molecule has 0 atom stereocenters. The predicted molar refractivity (Wildman–Crippen MR) is 54.2 cm³/mol. The summed E-state index contributed by atoms with van der Waals surface area (Å²) in [5.74, 6) is 0.0968. The fraction of sp³-hybridized carbons (Fsp3) is 0.375. The monoisotopic (exact) mass is 247 g/mol. The molecule has 0 N–H and O–H groups in total. The topological polar surface area (TPSA) is 20.3 Å². The first-order valence-electron chi connectivity index (χ1n) is 3.54. The molecule has 1 heterocycles. The normalized spacial score (nSPS) is 9.92. The molecule has 0 unspecified atom stereocenters. The SMILES string of the molecule is CC(=O)N(C)Cc1cc(Br)cs1. The molecule has 1 aromatic rings. The highest BCUT2D eigenvalue weighted by molar-refractivity contribution is 9.10. The number of nitrogens with zero attached hydrogens (tertiary/aromatic N) is 1. The minimum Gasteiger partial charge on any atom is -0.341 e. The molecule has 4 heteroatoms. The minimum atomic E-state index is 0.0968. The molecule has 1 amide bonds. The van der Waals surface area contributed by atoms with Gasteiger partial charge in [-0.05, 0) is 22.0 Å². The van der Waals surface area contributed by atoms with Gasteiger partial charge in [0.05, 0.1) is 6.54 Å². The Morgan fingerprint density at radius 2 is 2.42 bits per heavy atom. The van der Waals surface area contributed by atoms with Gasteiger partial charge in [-0.15, -0.1) is 11.3 Å². The molecule has 1 rings (SSSR count). The van der Waals surface area contributed by atoms with E-state index in [9.17, 15) is 4.79 Å². The average Bonchev–Trinajstić information content (AvgIpc) is 2.35. The molecule has 12 heavy (non-hydrogen) atoms. The molecule has 0 saturated carbocycles. The Bertz CT molecular complexity index is 284. The van der Waals surface area contributed by atoms with Gasteiger partial charge < -0.3 is 4.90 Å². The van der Waals surface area contributed by atoms with E-state index >= 15 is 0 Å². The van der Waals surface area contributed by atoms with Crippen LogP contribution in [0.5, 0.6) is 0 Å². The second-order valence-electron chi connectivity index (χ2n) is 2.61. The summed E-state index contributed by atoms with van der Waals surface area (Å²) < 4.78 is 1.08. The Kier molecular flexibility index (Phi) is 3.29. The van der Waals surface area contributed by atoms with Crippen LogP contribution in [0.2, 0.25) is 0 Å². The maximum Gasteiger partial charge on any atom is 0.219 e. The molecule has 0 aliphatic rings. The van der Waals surface area contributed by atoms with Crippen LogP contribution in [0.1, 0.15) is 11.8 Å². The maximum atomic E-state index is 10.9. The van der Waals surface area contributed by atoms with Gasteiger partial charge >= 0.3 is 0 Å². The summed E-state index contributed by atoms with van der Waals surface area (Å²) in [6.45, 7) is 2.27. The summed E-state index contributed by atoms with van der Waals surface area (Å²) in [5.41, 5.74) is 0. The van der Waals surface area contributed by atoms with Crippen molar-refractivity contribution < 1.29 is 4.79 Å². The molecule has 0 aliphatic carbocycles. The quantitative estimate of drug-likeness (QED) is 0.787. The number of carbonyl (C=O) groups is 1. The van der Waals surface area contributed by atoms with Crippen LogP contribution in [0.25, 0.3) is 0 Å². The van der Waals surface area contributed by atoms with Crippen LogP contribution >= 0.6 is 27.3 Å². The van der Waals surface area contributed by atoms with Crippen LogP contribution < -0.4 is 0 Å². The van der Waals surface area contributed by atoms with Crippen LogP contribution in [-0.4, -0.2) is 17.9 Å². The van der Waals surface area contributed by atoms with Gasteiger partial charge in [-0.25, -0.2) is 0 Å². The Labute approximate surface area is 84.3 Å². The van der Waals surface area contributed by atoms with Crippen molar-refractivity contribution >= 4 is 33.2 Å². The lowest BCUT2D eigenvalue weighted by Crippen LogP contribution is -2.22. The third kappa shape index (κ3) is 2.60. The highest BCUT2D eigenvalue weighted by Gasteiger charge is 2.04. The number of amides is 1. The second kappa shape index (κ2) is 4.05. The standard InChI is InChI=1S/C8H10BrNOS/c1-6(11)10(2)4-8-3-7(9)5-12-8/h3,5H,4H2,1-2H3. The van der Waals surface area contributed by atoms with Crippen molar-refractivity contribution in [2.45, 2.75) is 13.5 Å². The summed E-state index contributed by atoms with van der Waals surface area (Å²) in [5, 5.41) is 2.02. The Morgan fingerprint density at radius 1 is 1.75 bits per heavy atom. The smallest absolute Gasteiger partial charge is 0.219 e. The van der Waals surface area contributed by atoms with E-state index in [1.54, 1.807) is 30.2 Å². The summed E-state index contributed by atoms with van der Waals surface area (Å²) in [6, 6.07) is 2.03. The first-order chi connectivity index (χ1) is 5.59. The van der Waals surface area contributed by atoms with E-state index in [0.717, 1.165) is 4.47 Å². The molecule has 0 spiro atoms. The summed E-state index contributed by atoms with van der Waals surface area (Å²) in [7, 11) is 1.80. The highest BCUT2D eigenvalue weighted by Crippen LogP contribution is 2.20. The van der Waals surface area contributed by atoms with Crippen molar-refractivity contribution in [1.29, 1.82) is 0 Å². The Morgan fingerprint density at radius 3 is 2.83 bits per heavy atom. The number of hydrogen-bond acceptors (Lipinski definition) is 2. The van der Waals surface area contributed by atoms with Gasteiger partial charge in [0, 0.05) is 28.7 Å². The van der Waals surface area contributed by atoms with Crippen LogP contribution in [-0.2, 0) is 11.3 Å². The summed E-state index contributed by atoms with van der Waals surface area (Å²) >= 11 is 5.02. The molecular weight excluding hydrogens is 238 g/mol. The van der Waals surface area contributed by atoms with Crippen LogP contribution in [0.3, 0.4) is 0 Å². The van der Waals surface area contributed by atoms with Crippen molar-refractivity contribution in [3.05, 3.63) is 20.8 Å². The molecule has 0 aromatic carbocycles. The van der Waals surface area contributed by atoms with E-state index in [1.807, 2.05) is 11.4 Å². The zero-order chi connectivity index (χ0) is 9.14. The van der Waals surface area contributed by atoms with Gasteiger partial charge in [0.15, 0.2) is 0 Å². The molecule has 0 fully saturated rings. The van der Waals surface area contributed by atoms with Crippen molar-refractivity contribution in [2.24, 2.45) is 0 Å². The van der Waals surface area contributed by atoms with Gasteiger partial charge in [0.25, 0.3) is 0 Å². The highest BCUT2D eigenvalue weighted by atomic mass is 79.9. The van der Waals surface area contributed by atoms with E-state index in [1.165, 1.54) is 4.88 Å². The fourth-order valence-corrected chi connectivity index (χ4v) is 2.29. The van der Waals surface area contributed by atoms with Crippen molar-refractivity contribution in [3.63, 3.8) is 0 Å². The largest absolute Gasteiger partial charge is 0.341 e. The third-order valence-electron chi connectivity index (χ3n) is 1.55. The van der Waals surface area contributed by atoms with Crippen molar-refractivity contribution in [3.8, 4) is 0 Å². The van der Waals surface area contributed by atoms with E-state index in [0.29, 0.717) is 6.54 Å². The van der Waals surface area contributed by atoms with E-state index in [2.05, 4.69) is 15.9 Å². The molecule has 0 radical (unpaired) electrons. The van der Waals surface area contributed by atoms with Crippen molar-refractivity contribution in [1.82, 2.24) is 4.90 Å². The van der Waals surface area contributed by atoms with Gasteiger partial charge in [-0.3, -0.25) is 4.79 Å². The first-order valence-corrected chi connectivity index (χ1v) is 5.21. The molecule has 0 aliphatic heterocycles. The molecule has 1 aromatic heterocycles. The lowest BCUT2D eigenvalue weighted by molar-refractivity contribution is -0.128. The fourth-order valence-electron chi connectivity index (χ4n) is 0.782. The van der Waals surface area contributed by atoms with Gasteiger partial charge in [0.2, 0.25) is 5.91 Å². The Balaban J connectivity index is 2.58. The van der Waals surface area contributed by atoms with Gasteiger partial charge in [-0.2, -0.15) is 0 Å². The van der Waals surface area contributed by atoms with Crippen molar-refractivity contribution in [2.75, 3.05) is 7.05 Å². The molecule has 0 saturated heterocycles. The number of thiophene rings is 1. The lowest BCUT2D eigenvalue weighted by Gasteiger charge is -2.12. The Hall–Kier alpha value is -0.350. The van der Waals surface area contributed by atoms with E-state index < -0.39 is 0 Å². The maximum absolute atomic E-state index is 10.9. The zero-order valence-corrected chi connectivity index (χ0v) is 9.41. The number of carbonyl (C=O) groups excluding carboxylic acids is 1. The number of rotatable bonds is 2. The average molecular weight is 248 g/mol. The number of hydrogen-bond donors (Lipinski definition) is 0. The summed E-state index contributed by atoms with van der Waals surface area (Å²) in [4.78, 5) is 13.8. The van der Waals surface area contributed by atoms with E-state index in [4.69, 9.17) is 0 Å². The molecule has 2 nitrogen and oxygen atoms in total. The van der Waals surface area contributed by atoms with Gasteiger partial charge in [0.1, 0.15) is 0 Å². The first kappa shape index (κ1) is 9.74. The molecular formula is C8H10BrNOS. The molecule has 66 valence electrons. The predicted octanol–water partition coefficient (Wildman–Crippen LogP) is 2.49. The van der Waals surface area contributed by atoms with E-state index in [-0.39, 0.29) is 5.91 Å². The van der Waals surface area contributed by atoms with Gasteiger partial charge in [-0.1, -0.05) is 0 Å². The van der Waals surface area contributed by atoms with Crippen LogP contribution in [0.15, 0.2) is 15.9 Å². The molecule has 0 bridgehead atoms. The minimum absolute atomic E-state index is 0.0968. The zero-order valence-electron chi connectivity index (χ0n) is 7.00. The number of halogens is 1.